The summed E-state index contributed by atoms with van der Waals surface area (Å²) in [4.78, 5) is 26.0. The molecule has 0 radical (unpaired) electrons. The van der Waals surface area contributed by atoms with Gasteiger partial charge < -0.3 is 5.32 Å². The minimum Gasteiger partial charge on any atom is -0.351 e. The monoisotopic (exact) mass is 428 g/mol. The van der Waals surface area contributed by atoms with Crippen molar-refractivity contribution in [3.63, 3.8) is 0 Å². The number of hydrogen-bond acceptors (Lipinski definition) is 3. The zero-order valence-electron chi connectivity index (χ0n) is 15.6. The molecule has 1 N–H and O–H groups in total. The molecule has 9 heteroatoms. The maximum absolute atomic E-state index is 14.1. The van der Waals surface area contributed by atoms with Gasteiger partial charge in [0.05, 0.1) is 0 Å². The predicted molar refractivity (Wildman–Crippen MR) is 102 cm³/mol. The Hall–Kier alpha value is -2.42. The molecule has 1 aliphatic carbocycles. The predicted octanol–water partition coefficient (Wildman–Crippen LogP) is 4.89. The van der Waals surface area contributed by atoms with Gasteiger partial charge in [-0.05, 0) is 48.9 Å². The lowest BCUT2D eigenvalue weighted by molar-refractivity contribution is -0.171. The second kappa shape index (κ2) is 8.52. The molecular formula is C20H20F4N2O2S. The molecule has 1 aromatic heterocycles. The Kier molecular flexibility index (Phi) is 6.26. The van der Waals surface area contributed by atoms with Crippen molar-refractivity contribution in [1.82, 2.24) is 5.32 Å². The summed E-state index contributed by atoms with van der Waals surface area (Å²) in [7, 11) is 0. The standard InChI is InChI=1S/C20H20F4N2O2S/c1-12-8-9-14(11-15(12)21)26(19(28)20(22,23)24)17(16-7-4-10-29-16)18(27)25-13-5-2-3-6-13/h4,7-11,13,17H,2-3,5-6H2,1H3,(H,25,27)/t17-/m1/s1. The number of amides is 2. The van der Waals surface area contributed by atoms with Crippen LogP contribution in [0, 0.1) is 12.7 Å². The van der Waals surface area contributed by atoms with Crippen LogP contribution in [0.2, 0.25) is 0 Å². The van der Waals surface area contributed by atoms with Gasteiger partial charge in [0.1, 0.15) is 5.82 Å². The summed E-state index contributed by atoms with van der Waals surface area (Å²) in [5, 5.41) is 4.37. The molecule has 0 saturated heterocycles. The zero-order chi connectivity index (χ0) is 21.2. The average molecular weight is 428 g/mol. The van der Waals surface area contributed by atoms with Crippen LogP contribution < -0.4 is 10.2 Å². The van der Waals surface area contributed by atoms with E-state index in [9.17, 15) is 27.2 Å². The van der Waals surface area contributed by atoms with E-state index in [0.29, 0.717) is 4.90 Å². The fourth-order valence-corrected chi connectivity index (χ4v) is 4.24. The summed E-state index contributed by atoms with van der Waals surface area (Å²) in [5.74, 6) is -3.69. The molecular weight excluding hydrogens is 408 g/mol. The molecule has 1 aromatic carbocycles. The third-order valence-electron chi connectivity index (χ3n) is 4.92. The van der Waals surface area contributed by atoms with Crippen LogP contribution in [0.4, 0.5) is 23.2 Å². The Morgan fingerprint density at radius 2 is 1.90 bits per heavy atom. The molecule has 0 bridgehead atoms. The van der Waals surface area contributed by atoms with E-state index in [1.807, 2.05) is 0 Å². The molecule has 2 amide bonds. The number of hydrogen-bond donors (Lipinski definition) is 1. The fraction of sp³-hybridized carbons (Fsp3) is 0.400. The van der Waals surface area contributed by atoms with Gasteiger partial charge in [-0.25, -0.2) is 4.39 Å². The Morgan fingerprint density at radius 1 is 1.21 bits per heavy atom. The highest BCUT2D eigenvalue weighted by molar-refractivity contribution is 7.10. The van der Waals surface area contributed by atoms with Crippen molar-refractivity contribution >= 4 is 28.8 Å². The quantitative estimate of drug-likeness (QED) is 0.690. The van der Waals surface area contributed by atoms with E-state index in [4.69, 9.17) is 0 Å². The molecule has 0 unspecified atom stereocenters. The molecule has 1 saturated carbocycles. The van der Waals surface area contributed by atoms with Crippen LogP contribution in [0.5, 0.6) is 0 Å². The Bertz CT molecular complexity index is 877. The van der Waals surface area contributed by atoms with Crippen LogP contribution in [0.1, 0.15) is 42.2 Å². The number of alkyl halides is 3. The molecule has 0 aliphatic heterocycles. The number of rotatable bonds is 5. The number of nitrogens with one attached hydrogen (secondary N) is 1. The lowest BCUT2D eigenvalue weighted by Gasteiger charge is -2.32. The van der Waals surface area contributed by atoms with E-state index in [-0.39, 0.29) is 22.2 Å². The van der Waals surface area contributed by atoms with E-state index in [2.05, 4.69) is 5.32 Å². The molecule has 29 heavy (non-hydrogen) atoms. The summed E-state index contributed by atoms with van der Waals surface area (Å²) in [5.41, 5.74) is -0.105. The third kappa shape index (κ3) is 4.77. The van der Waals surface area contributed by atoms with Crippen molar-refractivity contribution in [2.45, 2.75) is 50.9 Å². The van der Waals surface area contributed by atoms with Gasteiger partial charge in [-0.15, -0.1) is 11.3 Å². The molecule has 1 aliphatic rings. The molecule has 1 atom stereocenters. The maximum Gasteiger partial charge on any atom is 0.471 e. The van der Waals surface area contributed by atoms with Gasteiger partial charge in [-0.2, -0.15) is 13.2 Å². The fourth-order valence-electron chi connectivity index (χ4n) is 3.42. The molecule has 4 nitrogen and oxygen atoms in total. The molecule has 156 valence electrons. The van der Waals surface area contributed by atoms with Crippen LogP contribution in [-0.4, -0.2) is 24.0 Å². The topological polar surface area (TPSA) is 49.4 Å². The highest BCUT2D eigenvalue weighted by Gasteiger charge is 2.48. The molecule has 0 spiro atoms. The van der Waals surface area contributed by atoms with Crippen molar-refractivity contribution in [2.24, 2.45) is 0 Å². The lowest BCUT2D eigenvalue weighted by Crippen LogP contribution is -2.50. The van der Waals surface area contributed by atoms with Crippen LogP contribution in [0.3, 0.4) is 0 Å². The number of aryl methyl sites for hydroxylation is 1. The first kappa shape index (κ1) is 21.3. The van der Waals surface area contributed by atoms with Crippen LogP contribution in [0.25, 0.3) is 0 Å². The SMILES string of the molecule is Cc1ccc(N(C(=O)C(F)(F)F)[C@@H](C(=O)NC2CCCC2)c2cccs2)cc1F. The van der Waals surface area contributed by atoms with E-state index in [0.717, 1.165) is 43.1 Å². The van der Waals surface area contributed by atoms with Crippen LogP contribution in [0.15, 0.2) is 35.7 Å². The van der Waals surface area contributed by atoms with Crippen molar-refractivity contribution in [3.8, 4) is 0 Å². The van der Waals surface area contributed by atoms with Gasteiger partial charge in [0, 0.05) is 16.6 Å². The Balaban J connectivity index is 2.07. The zero-order valence-corrected chi connectivity index (χ0v) is 16.4. The first-order valence-electron chi connectivity index (χ1n) is 9.19. The second-order valence-electron chi connectivity index (χ2n) is 7.01. The van der Waals surface area contributed by atoms with Gasteiger partial charge in [-0.1, -0.05) is 25.0 Å². The van der Waals surface area contributed by atoms with Crippen molar-refractivity contribution in [3.05, 3.63) is 52.0 Å². The number of carbonyl (C=O) groups excluding carboxylic acids is 2. The number of thiophene rings is 1. The Labute approximate surface area is 169 Å². The smallest absolute Gasteiger partial charge is 0.351 e. The second-order valence-corrected chi connectivity index (χ2v) is 7.99. The number of halogens is 4. The van der Waals surface area contributed by atoms with Gasteiger partial charge in [0.2, 0.25) is 5.91 Å². The first-order chi connectivity index (χ1) is 13.7. The normalized spacial score (nSPS) is 15.9. The number of anilines is 1. The van der Waals surface area contributed by atoms with Crippen LogP contribution in [-0.2, 0) is 9.59 Å². The minimum atomic E-state index is -5.23. The first-order valence-corrected chi connectivity index (χ1v) is 10.1. The number of benzene rings is 1. The Morgan fingerprint density at radius 3 is 2.45 bits per heavy atom. The van der Waals surface area contributed by atoms with E-state index >= 15 is 0 Å². The van der Waals surface area contributed by atoms with Gasteiger partial charge in [-0.3, -0.25) is 14.5 Å². The maximum atomic E-state index is 14.1. The summed E-state index contributed by atoms with van der Waals surface area (Å²) < 4.78 is 54.4. The van der Waals surface area contributed by atoms with Gasteiger partial charge in [0.25, 0.3) is 0 Å². The summed E-state index contributed by atoms with van der Waals surface area (Å²) >= 11 is 1.06. The number of carbonyl (C=O) groups is 2. The van der Waals surface area contributed by atoms with E-state index in [1.165, 1.54) is 25.1 Å². The molecule has 2 aromatic rings. The summed E-state index contributed by atoms with van der Waals surface area (Å²) in [6.45, 7) is 1.46. The molecule has 3 rings (SSSR count). The molecule has 1 heterocycles. The minimum absolute atomic E-state index is 0.150. The molecule has 1 fully saturated rings. The highest BCUT2D eigenvalue weighted by atomic mass is 32.1. The highest BCUT2D eigenvalue weighted by Crippen LogP contribution is 2.35. The van der Waals surface area contributed by atoms with Gasteiger partial charge >= 0.3 is 12.1 Å². The number of nitrogens with zero attached hydrogens (tertiary/aromatic N) is 1. The summed E-state index contributed by atoms with van der Waals surface area (Å²) in [6, 6.07) is 4.72. The van der Waals surface area contributed by atoms with Crippen molar-refractivity contribution < 1.29 is 27.2 Å². The van der Waals surface area contributed by atoms with Crippen molar-refractivity contribution in [2.75, 3.05) is 4.90 Å². The largest absolute Gasteiger partial charge is 0.471 e. The van der Waals surface area contributed by atoms with Gasteiger partial charge in [0.15, 0.2) is 6.04 Å². The lowest BCUT2D eigenvalue weighted by atomic mass is 10.1. The summed E-state index contributed by atoms with van der Waals surface area (Å²) in [6.07, 6.45) is -1.93. The van der Waals surface area contributed by atoms with E-state index < -0.39 is 29.8 Å². The van der Waals surface area contributed by atoms with Crippen LogP contribution >= 0.6 is 11.3 Å². The van der Waals surface area contributed by atoms with E-state index in [1.54, 1.807) is 11.4 Å². The van der Waals surface area contributed by atoms with Crippen molar-refractivity contribution in [1.29, 1.82) is 0 Å². The third-order valence-corrected chi connectivity index (χ3v) is 5.84. The average Bonchev–Trinajstić information content (AvgIpc) is 3.34.